The number of rotatable bonds is 3. The summed E-state index contributed by atoms with van der Waals surface area (Å²) in [5.74, 6) is -0.279. The molecule has 8 nitrogen and oxygen atoms in total. The number of aromatic nitrogens is 1. The van der Waals surface area contributed by atoms with Crippen LogP contribution >= 0.6 is 0 Å². The van der Waals surface area contributed by atoms with E-state index in [0.29, 0.717) is 35.6 Å². The standard InChI is InChI=1S/C19H20N4O4S/c1-13-17-12-15(6-9-18(17)27-21-13)20-19(24)14-4-7-16(8-5-14)23-11-3-10-22(2)28(23,25)26/h4-9,12H,3,10-11H2,1-2H3,(H,20,24). The number of carbonyl (C=O) groups excluding carboxylic acids is 1. The predicted molar refractivity (Wildman–Crippen MR) is 107 cm³/mol. The Bertz CT molecular complexity index is 1140. The summed E-state index contributed by atoms with van der Waals surface area (Å²) in [7, 11) is -1.94. The third-order valence-electron chi connectivity index (χ3n) is 4.83. The zero-order chi connectivity index (χ0) is 19.9. The summed E-state index contributed by atoms with van der Waals surface area (Å²) in [4.78, 5) is 12.6. The van der Waals surface area contributed by atoms with Crippen LogP contribution in [0, 0.1) is 6.92 Å². The van der Waals surface area contributed by atoms with Gasteiger partial charge in [-0.3, -0.25) is 9.10 Å². The fourth-order valence-corrected chi connectivity index (χ4v) is 4.66. The highest BCUT2D eigenvalue weighted by molar-refractivity contribution is 7.90. The zero-order valence-corrected chi connectivity index (χ0v) is 16.4. The van der Waals surface area contributed by atoms with E-state index in [-0.39, 0.29) is 5.91 Å². The van der Waals surface area contributed by atoms with Gasteiger partial charge in [-0.15, -0.1) is 0 Å². The first-order chi connectivity index (χ1) is 13.4. The molecule has 1 amide bonds. The van der Waals surface area contributed by atoms with Crippen LogP contribution in [0.3, 0.4) is 0 Å². The molecule has 1 fully saturated rings. The van der Waals surface area contributed by atoms with Crippen LogP contribution in [0.5, 0.6) is 0 Å². The third kappa shape index (κ3) is 3.23. The van der Waals surface area contributed by atoms with Crippen molar-refractivity contribution in [3.05, 3.63) is 53.7 Å². The number of amides is 1. The quantitative estimate of drug-likeness (QED) is 0.729. The fraction of sp³-hybridized carbons (Fsp3) is 0.263. The van der Waals surface area contributed by atoms with Crippen LogP contribution in [-0.2, 0) is 10.2 Å². The molecule has 0 unspecified atom stereocenters. The molecule has 1 aromatic heterocycles. The average molecular weight is 400 g/mol. The van der Waals surface area contributed by atoms with E-state index >= 15 is 0 Å². The smallest absolute Gasteiger partial charge is 0.303 e. The van der Waals surface area contributed by atoms with E-state index < -0.39 is 10.2 Å². The number of nitrogens with one attached hydrogen (secondary N) is 1. The van der Waals surface area contributed by atoms with Crippen molar-refractivity contribution < 1.29 is 17.7 Å². The van der Waals surface area contributed by atoms with E-state index in [2.05, 4.69) is 10.5 Å². The number of nitrogens with zero attached hydrogens (tertiary/aromatic N) is 3. The highest BCUT2D eigenvalue weighted by Crippen LogP contribution is 2.25. The van der Waals surface area contributed by atoms with Crippen molar-refractivity contribution in [1.82, 2.24) is 9.46 Å². The van der Waals surface area contributed by atoms with Crippen LogP contribution in [0.15, 0.2) is 47.0 Å². The van der Waals surface area contributed by atoms with Crippen molar-refractivity contribution in [3.63, 3.8) is 0 Å². The topological polar surface area (TPSA) is 95.8 Å². The molecule has 0 spiro atoms. The number of hydrogen-bond acceptors (Lipinski definition) is 5. The molecule has 4 rings (SSSR count). The van der Waals surface area contributed by atoms with Crippen LogP contribution < -0.4 is 9.62 Å². The lowest BCUT2D eigenvalue weighted by Crippen LogP contribution is -2.47. The minimum Gasteiger partial charge on any atom is -0.356 e. The number of aryl methyl sites for hydroxylation is 1. The normalized spacial score (nSPS) is 17.0. The molecular formula is C19H20N4O4S. The second-order valence-electron chi connectivity index (χ2n) is 6.73. The van der Waals surface area contributed by atoms with E-state index in [1.165, 1.54) is 8.61 Å². The van der Waals surface area contributed by atoms with Gasteiger partial charge in [0.05, 0.1) is 11.4 Å². The van der Waals surface area contributed by atoms with E-state index in [0.717, 1.165) is 17.5 Å². The molecule has 2 heterocycles. The van der Waals surface area contributed by atoms with Gasteiger partial charge in [-0.25, -0.2) is 0 Å². The van der Waals surface area contributed by atoms with E-state index in [1.807, 2.05) is 13.0 Å². The summed E-state index contributed by atoms with van der Waals surface area (Å²) in [5.41, 5.74) is 3.03. The first-order valence-corrected chi connectivity index (χ1v) is 10.3. The second-order valence-corrected chi connectivity index (χ2v) is 8.69. The lowest BCUT2D eigenvalue weighted by atomic mass is 10.1. The lowest BCUT2D eigenvalue weighted by Gasteiger charge is -2.33. The summed E-state index contributed by atoms with van der Waals surface area (Å²) in [6.45, 7) is 2.77. The Morgan fingerprint density at radius 1 is 1.14 bits per heavy atom. The first-order valence-electron chi connectivity index (χ1n) is 8.88. The molecule has 9 heteroatoms. The van der Waals surface area contributed by atoms with Crippen LogP contribution in [0.2, 0.25) is 0 Å². The maximum Gasteiger partial charge on any atom is 0.303 e. The molecule has 0 aliphatic carbocycles. The van der Waals surface area contributed by atoms with Crippen molar-refractivity contribution in [3.8, 4) is 0 Å². The van der Waals surface area contributed by atoms with Gasteiger partial charge in [0.2, 0.25) is 0 Å². The maximum absolute atomic E-state index is 12.6. The van der Waals surface area contributed by atoms with Crippen LogP contribution in [-0.4, -0.2) is 43.9 Å². The van der Waals surface area contributed by atoms with Crippen molar-refractivity contribution in [2.45, 2.75) is 13.3 Å². The highest BCUT2D eigenvalue weighted by Gasteiger charge is 2.30. The van der Waals surface area contributed by atoms with Gasteiger partial charge in [0.15, 0.2) is 5.58 Å². The van der Waals surface area contributed by atoms with Crippen molar-refractivity contribution in [1.29, 1.82) is 0 Å². The Hall–Kier alpha value is -2.91. The monoisotopic (exact) mass is 400 g/mol. The Balaban J connectivity index is 1.53. The van der Waals surface area contributed by atoms with Crippen molar-refractivity contribution >= 4 is 38.5 Å². The maximum atomic E-state index is 12.6. The molecule has 146 valence electrons. The van der Waals surface area contributed by atoms with Gasteiger partial charge in [-0.2, -0.15) is 12.7 Å². The summed E-state index contributed by atoms with van der Waals surface area (Å²) >= 11 is 0. The van der Waals surface area contributed by atoms with E-state index in [1.54, 1.807) is 43.4 Å². The average Bonchev–Trinajstić information content (AvgIpc) is 3.04. The Morgan fingerprint density at radius 2 is 1.89 bits per heavy atom. The molecule has 28 heavy (non-hydrogen) atoms. The summed E-state index contributed by atoms with van der Waals surface area (Å²) in [5, 5.41) is 7.58. The number of benzene rings is 2. The van der Waals surface area contributed by atoms with Gasteiger partial charge in [0, 0.05) is 36.8 Å². The Kier molecular flexibility index (Phi) is 4.56. The molecule has 0 saturated carbocycles. The number of anilines is 2. The van der Waals surface area contributed by atoms with E-state index in [9.17, 15) is 13.2 Å². The fourth-order valence-electron chi connectivity index (χ4n) is 3.22. The molecule has 1 saturated heterocycles. The number of carbonyl (C=O) groups is 1. The molecule has 0 bridgehead atoms. The van der Waals surface area contributed by atoms with Crippen molar-refractivity contribution in [2.24, 2.45) is 0 Å². The predicted octanol–water partition coefficient (Wildman–Crippen LogP) is 2.78. The number of hydrogen-bond donors (Lipinski definition) is 1. The third-order valence-corrected chi connectivity index (χ3v) is 6.75. The SMILES string of the molecule is Cc1noc2ccc(NC(=O)c3ccc(N4CCCN(C)S4(=O)=O)cc3)cc12. The summed E-state index contributed by atoms with van der Waals surface area (Å²) < 4.78 is 32.8. The van der Waals surface area contributed by atoms with Crippen molar-refractivity contribution in [2.75, 3.05) is 29.8 Å². The number of fused-ring (bicyclic) bond motifs is 1. The first kappa shape index (κ1) is 18.5. The largest absolute Gasteiger partial charge is 0.356 e. The molecule has 1 aliphatic heterocycles. The lowest BCUT2D eigenvalue weighted by molar-refractivity contribution is 0.102. The van der Waals surface area contributed by atoms with E-state index in [4.69, 9.17) is 4.52 Å². The van der Waals surface area contributed by atoms with Gasteiger partial charge in [-0.05, 0) is 55.8 Å². The second kappa shape index (κ2) is 6.92. The highest BCUT2D eigenvalue weighted by atomic mass is 32.2. The Labute approximate surface area is 162 Å². The van der Waals surface area contributed by atoms with Gasteiger partial charge < -0.3 is 9.84 Å². The van der Waals surface area contributed by atoms with Crippen LogP contribution in [0.4, 0.5) is 11.4 Å². The summed E-state index contributed by atoms with van der Waals surface area (Å²) in [6, 6.07) is 11.9. The van der Waals surface area contributed by atoms with Gasteiger partial charge >= 0.3 is 10.2 Å². The molecule has 2 aromatic carbocycles. The molecule has 3 aromatic rings. The molecular weight excluding hydrogens is 380 g/mol. The van der Waals surface area contributed by atoms with Gasteiger partial charge in [0.1, 0.15) is 0 Å². The minimum absolute atomic E-state index is 0.279. The Morgan fingerprint density at radius 3 is 2.64 bits per heavy atom. The minimum atomic E-state index is -3.50. The van der Waals surface area contributed by atoms with Gasteiger partial charge in [0.25, 0.3) is 5.91 Å². The molecule has 0 radical (unpaired) electrons. The molecule has 0 atom stereocenters. The van der Waals surface area contributed by atoms with Crippen LogP contribution in [0.1, 0.15) is 22.5 Å². The summed E-state index contributed by atoms with van der Waals surface area (Å²) in [6.07, 6.45) is 0.753. The van der Waals surface area contributed by atoms with Crippen LogP contribution in [0.25, 0.3) is 11.0 Å². The molecule has 1 N–H and O–H groups in total. The zero-order valence-electron chi connectivity index (χ0n) is 15.5. The molecule has 1 aliphatic rings. The van der Waals surface area contributed by atoms with Gasteiger partial charge in [-0.1, -0.05) is 5.16 Å².